The summed E-state index contributed by atoms with van der Waals surface area (Å²) in [4.78, 5) is 14.8. The Balaban J connectivity index is 1.93. The van der Waals surface area contributed by atoms with Crippen molar-refractivity contribution in [3.05, 3.63) is 108 Å². The maximum absolute atomic E-state index is 12.5. The molecule has 0 bridgehead atoms. The first-order valence-electron chi connectivity index (χ1n) is 11.1. The largest absolute Gasteiger partial charge is 0.460 e. The Morgan fingerprint density at radius 2 is 1.25 bits per heavy atom. The first-order chi connectivity index (χ1) is 15.3. The smallest absolute Gasteiger partial charge is 0.309 e. The van der Waals surface area contributed by atoms with Gasteiger partial charge in [-0.3, -0.25) is 9.69 Å². The topological polar surface area (TPSA) is 49.8 Å². The van der Waals surface area contributed by atoms with Gasteiger partial charge in [-0.05, 0) is 37.5 Å². The second-order valence-electron chi connectivity index (χ2n) is 9.09. The molecule has 0 unspecified atom stereocenters. The molecule has 0 heterocycles. The molecule has 3 aromatic rings. The fourth-order valence-corrected chi connectivity index (χ4v) is 3.88. The van der Waals surface area contributed by atoms with E-state index < -0.39 is 17.7 Å². The molecule has 0 spiro atoms. The number of hydrogen-bond acceptors (Lipinski definition) is 4. The Morgan fingerprint density at radius 3 is 1.69 bits per heavy atom. The maximum atomic E-state index is 12.5. The van der Waals surface area contributed by atoms with Crippen LogP contribution in [0.15, 0.2) is 91.0 Å². The monoisotopic (exact) mass is 431 g/mol. The van der Waals surface area contributed by atoms with Gasteiger partial charge in [0.15, 0.2) is 0 Å². The zero-order valence-electron chi connectivity index (χ0n) is 19.1. The average molecular weight is 432 g/mol. The number of hydrogen-bond donors (Lipinski definition) is 1. The van der Waals surface area contributed by atoms with E-state index in [1.807, 2.05) is 87.5 Å². The zero-order chi connectivity index (χ0) is 23.0. The van der Waals surface area contributed by atoms with E-state index in [-0.39, 0.29) is 12.5 Å². The Morgan fingerprint density at radius 1 is 0.812 bits per heavy atom. The molecule has 0 aliphatic rings. The van der Waals surface area contributed by atoms with Gasteiger partial charge in [0.2, 0.25) is 0 Å². The van der Waals surface area contributed by atoms with Crippen molar-refractivity contribution in [3.8, 4) is 0 Å². The minimum absolute atomic E-state index is 0.0725. The molecule has 0 amide bonds. The maximum Gasteiger partial charge on any atom is 0.309 e. The molecule has 0 fully saturated rings. The lowest BCUT2D eigenvalue weighted by Crippen LogP contribution is -2.38. The highest BCUT2D eigenvalue weighted by atomic mass is 16.6. The molecule has 4 heteroatoms. The van der Waals surface area contributed by atoms with Gasteiger partial charge in [-0.1, -0.05) is 91.0 Å². The quantitative estimate of drug-likeness (QED) is 0.453. The van der Waals surface area contributed by atoms with E-state index >= 15 is 0 Å². The van der Waals surface area contributed by atoms with E-state index in [2.05, 4.69) is 29.2 Å². The van der Waals surface area contributed by atoms with Gasteiger partial charge in [0.25, 0.3) is 0 Å². The van der Waals surface area contributed by atoms with Crippen molar-refractivity contribution >= 4 is 5.97 Å². The molecule has 0 aliphatic carbocycles. The second kappa shape index (κ2) is 11.1. The first kappa shape index (κ1) is 23.7. The van der Waals surface area contributed by atoms with Crippen LogP contribution in [-0.4, -0.2) is 27.7 Å². The number of benzene rings is 3. The summed E-state index contributed by atoms with van der Waals surface area (Å²) < 4.78 is 5.49. The Labute approximate surface area is 191 Å². The van der Waals surface area contributed by atoms with Crippen molar-refractivity contribution in [2.75, 3.05) is 0 Å². The van der Waals surface area contributed by atoms with Gasteiger partial charge in [-0.2, -0.15) is 0 Å². The molecular formula is C28H33NO3. The van der Waals surface area contributed by atoms with Crippen molar-refractivity contribution < 1.29 is 14.6 Å². The highest BCUT2D eigenvalue weighted by Gasteiger charge is 2.31. The van der Waals surface area contributed by atoms with Crippen molar-refractivity contribution in [2.45, 2.75) is 58.0 Å². The van der Waals surface area contributed by atoms with Gasteiger partial charge >= 0.3 is 5.97 Å². The van der Waals surface area contributed by atoms with Crippen molar-refractivity contribution in [2.24, 2.45) is 0 Å². The lowest BCUT2D eigenvalue weighted by atomic mass is 9.96. The number of ether oxygens (including phenoxy) is 1. The van der Waals surface area contributed by atoms with E-state index in [1.165, 1.54) is 0 Å². The minimum Gasteiger partial charge on any atom is -0.460 e. The third-order valence-electron chi connectivity index (χ3n) is 5.15. The molecule has 3 aromatic carbocycles. The number of esters is 1. The number of aliphatic hydroxyl groups excluding tert-OH is 1. The van der Waals surface area contributed by atoms with Crippen LogP contribution in [0.3, 0.4) is 0 Å². The van der Waals surface area contributed by atoms with Crippen LogP contribution in [0.25, 0.3) is 0 Å². The normalized spacial score (nSPS) is 13.5. The molecule has 168 valence electrons. The van der Waals surface area contributed by atoms with Crippen molar-refractivity contribution in [3.63, 3.8) is 0 Å². The van der Waals surface area contributed by atoms with Gasteiger partial charge in [-0.15, -0.1) is 0 Å². The van der Waals surface area contributed by atoms with E-state index in [4.69, 9.17) is 4.74 Å². The fourth-order valence-electron chi connectivity index (χ4n) is 3.88. The highest BCUT2D eigenvalue weighted by Crippen LogP contribution is 2.30. The van der Waals surface area contributed by atoms with Crippen LogP contribution in [0.1, 0.15) is 49.9 Å². The third kappa shape index (κ3) is 7.33. The molecule has 32 heavy (non-hydrogen) atoms. The van der Waals surface area contributed by atoms with Crippen LogP contribution in [0.4, 0.5) is 0 Å². The van der Waals surface area contributed by atoms with Crippen molar-refractivity contribution in [1.29, 1.82) is 0 Å². The fraction of sp³-hybridized carbons (Fsp3) is 0.321. The van der Waals surface area contributed by atoms with E-state index in [0.29, 0.717) is 13.1 Å². The Bertz CT molecular complexity index is 911. The van der Waals surface area contributed by atoms with Crippen LogP contribution in [-0.2, 0) is 22.6 Å². The standard InChI is InChI=1S/C28H33NO3/c1-28(2,3)32-26(31)19-25(30)27(24-17-11-6-12-18-24)29(20-22-13-7-4-8-14-22)21-23-15-9-5-10-16-23/h4-18,25,27,30H,19-21H2,1-3H3/t25-,27+/m1/s1. The lowest BCUT2D eigenvalue weighted by molar-refractivity contribution is -0.158. The molecule has 0 saturated heterocycles. The summed E-state index contributed by atoms with van der Waals surface area (Å²) in [5.41, 5.74) is 2.67. The third-order valence-corrected chi connectivity index (χ3v) is 5.15. The summed E-state index contributed by atoms with van der Waals surface area (Å²) in [6, 6.07) is 29.9. The van der Waals surface area contributed by atoms with Crippen LogP contribution in [0.2, 0.25) is 0 Å². The molecule has 2 atom stereocenters. The number of aliphatic hydroxyl groups is 1. The molecule has 0 saturated carbocycles. The average Bonchev–Trinajstić information content (AvgIpc) is 2.74. The van der Waals surface area contributed by atoms with Crippen LogP contribution < -0.4 is 0 Å². The zero-order valence-corrected chi connectivity index (χ0v) is 19.1. The van der Waals surface area contributed by atoms with E-state index in [0.717, 1.165) is 16.7 Å². The summed E-state index contributed by atoms with van der Waals surface area (Å²) >= 11 is 0. The van der Waals surface area contributed by atoms with Gasteiger partial charge in [0, 0.05) is 13.1 Å². The molecule has 0 radical (unpaired) electrons. The van der Waals surface area contributed by atoms with Crippen LogP contribution in [0.5, 0.6) is 0 Å². The van der Waals surface area contributed by atoms with Crippen LogP contribution in [0, 0.1) is 0 Å². The summed E-state index contributed by atoms with van der Waals surface area (Å²) in [6.45, 7) is 6.79. The van der Waals surface area contributed by atoms with Crippen LogP contribution >= 0.6 is 0 Å². The van der Waals surface area contributed by atoms with Gasteiger partial charge in [0.05, 0.1) is 18.6 Å². The number of carbonyl (C=O) groups is 1. The van der Waals surface area contributed by atoms with Crippen molar-refractivity contribution in [1.82, 2.24) is 4.90 Å². The minimum atomic E-state index is -0.917. The van der Waals surface area contributed by atoms with Gasteiger partial charge in [0.1, 0.15) is 5.60 Å². The van der Waals surface area contributed by atoms with Gasteiger partial charge < -0.3 is 9.84 Å². The first-order valence-corrected chi connectivity index (χ1v) is 11.1. The molecule has 4 nitrogen and oxygen atoms in total. The molecule has 1 N–H and O–H groups in total. The number of rotatable bonds is 9. The molecule has 3 rings (SSSR count). The molecule has 0 aromatic heterocycles. The summed E-state index contributed by atoms with van der Waals surface area (Å²) in [6.07, 6.45) is -0.989. The number of carbonyl (C=O) groups excluding carboxylic acids is 1. The second-order valence-corrected chi connectivity index (χ2v) is 9.09. The summed E-state index contributed by atoms with van der Waals surface area (Å²) in [5, 5.41) is 11.3. The SMILES string of the molecule is CC(C)(C)OC(=O)C[C@@H](O)[C@H](c1ccccc1)N(Cc1ccccc1)Cc1ccccc1. The molecular weight excluding hydrogens is 398 g/mol. The summed E-state index contributed by atoms with van der Waals surface area (Å²) in [5.74, 6) is -0.398. The summed E-state index contributed by atoms with van der Waals surface area (Å²) in [7, 11) is 0. The number of nitrogens with zero attached hydrogens (tertiary/aromatic N) is 1. The Hall–Kier alpha value is -2.95. The highest BCUT2D eigenvalue weighted by molar-refractivity contribution is 5.70. The van der Waals surface area contributed by atoms with E-state index in [1.54, 1.807) is 0 Å². The lowest BCUT2D eigenvalue weighted by Gasteiger charge is -2.35. The predicted molar refractivity (Wildman–Crippen MR) is 128 cm³/mol. The van der Waals surface area contributed by atoms with E-state index in [9.17, 15) is 9.90 Å². The predicted octanol–water partition coefficient (Wildman–Crippen LogP) is 5.52. The Kier molecular flexibility index (Phi) is 8.20. The van der Waals surface area contributed by atoms with Gasteiger partial charge in [-0.25, -0.2) is 0 Å². The molecule has 0 aliphatic heterocycles.